The van der Waals surface area contributed by atoms with Gasteiger partial charge < -0.3 is 20.4 Å². The number of amides is 4. The molecule has 8 heteroatoms. The molecular weight excluding hydrogens is 327 g/mol. The minimum absolute atomic E-state index is 0.00338. The molecule has 136 valence electrons. The average Bonchev–Trinajstić information content (AvgIpc) is 2.58. The molecule has 0 radical (unpaired) electrons. The highest BCUT2D eigenvalue weighted by Gasteiger charge is 2.28. The number of nitrogens with zero attached hydrogens (tertiary/aromatic N) is 2. The van der Waals surface area contributed by atoms with Crippen molar-refractivity contribution in [1.82, 2.24) is 15.1 Å². The zero-order valence-electron chi connectivity index (χ0n) is 14.4. The van der Waals surface area contributed by atoms with Crippen LogP contribution in [0.2, 0.25) is 0 Å². The molecule has 0 aliphatic carbocycles. The molecule has 1 heterocycles. The van der Waals surface area contributed by atoms with E-state index in [4.69, 9.17) is 0 Å². The van der Waals surface area contributed by atoms with Crippen LogP contribution in [-0.2, 0) is 9.59 Å². The standard InChI is InChI=1S/C17H23FN4O3/c1-3-12(2)19-15(23)10-21-8-9-22(11-16(21)24)17(25)20-14-6-4-13(18)5-7-14/h4-7,12H,3,8-11H2,1-2H3,(H,19,23)(H,20,25). The molecule has 0 saturated carbocycles. The number of rotatable bonds is 5. The minimum Gasteiger partial charge on any atom is -0.352 e. The van der Waals surface area contributed by atoms with E-state index in [0.717, 1.165) is 6.42 Å². The number of hydrogen-bond donors (Lipinski definition) is 2. The Morgan fingerprint density at radius 2 is 1.92 bits per heavy atom. The van der Waals surface area contributed by atoms with Crippen LogP contribution in [0.25, 0.3) is 0 Å². The van der Waals surface area contributed by atoms with E-state index in [1.165, 1.54) is 34.1 Å². The predicted octanol–water partition coefficient (Wildman–Crippen LogP) is 1.42. The van der Waals surface area contributed by atoms with Gasteiger partial charge in [0.2, 0.25) is 11.8 Å². The predicted molar refractivity (Wildman–Crippen MR) is 91.5 cm³/mol. The molecule has 1 aromatic carbocycles. The molecule has 1 saturated heterocycles. The molecule has 0 bridgehead atoms. The van der Waals surface area contributed by atoms with Gasteiger partial charge in [0, 0.05) is 24.8 Å². The van der Waals surface area contributed by atoms with Crippen molar-refractivity contribution < 1.29 is 18.8 Å². The van der Waals surface area contributed by atoms with Gasteiger partial charge in [-0.25, -0.2) is 9.18 Å². The van der Waals surface area contributed by atoms with Crippen molar-refractivity contribution in [2.75, 3.05) is 31.5 Å². The van der Waals surface area contributed by atoms with Gasteiger partial charge in [-0.1, -0.05) is 6.92 Å². The molecule has 7 nitrogen and oxygen atoms in total. The number of anilines is 1. The van der Waals surface area contributed by atoms with Gasteiger partial charge in [0.05, 0.1) is 6.54 Å². The first-order valence-electron chi connectivity index (χ1n) is 8.27. The number of carbonyl (C=O) groups is 3. The third kappa shape index (κ3) is 5.44. The molecule has 1 aliphatic rings. The highest BCUT2D eigenvalue weighted by Crippen LogP contribution is 2.11. The molecule has 1 fully saturated rings. The number of piperazine rings is 1. The summed E-state index contributed by atoms with van der Waals surface area (Å²) in [4.78, 5) is 39.0. The van der Waals surface area contributed by atoms with E-state index in [1.54, 1.807) is 0 Å². The second kappa shape index (κ2) is 8.46. The minimum atomic E-state index is -0.427. The van der Waals surface area contributed by atoms with Crippen molar-refractivity contribution in [3.05, 3.63) is 30.1 Å². The molecule has 0 spiro atoms. The second-order valence-electron chi connectivity index (χ2n) is 6.05. The highest BCUT2D eigenvalue weighted by molar-refractivity contribution is 5.94. The Labute approximate surface area is 146 Å². The molecule has 0 aromatic heterocycles. The van der Waals surface area contributed by atoms with Crippen LogP contribution in [-0.4, -0.2) is 59.9 Å². The van der Waals surface area contributed by atoms with E-state index in [2.05, 4.69) is 10.6 Å². The Hall–Kier alpha value is -2.64. The first kappa shape index (κ1) is 18.7. The van der Waals surface area contributed by atoms with Crippen molar-refractivity contribution in [1.29, 1.82) is 0 Å². The lowest BCUT2D eigenvalue weighted by Gasteiger charge is -2.34. The summed E-state index contributed by atoms with van der Waals surface area (Å²) in [6.07, 6.45) is 0.816. The van der Waals surface area contributed by atoms with Crippen molar-refractivity contribution in [3.8, 4) is 0 Å². The maximum atomic E-state index is 12.9. The van der Waals surface area contributed by atoms with Crippen LogP contribution in [0.15, 0.2) is 24.3 Å². The molecule has 1 aromatic rings. The van der Waals surface area contributed by atoms with Crippen LogP contribution >= 0.6 is 0 Å². The number of benzene rings is 1. The van der Waals surface area contributed by atoms with Gasteiger partial charge in [-0.2, -0.15) is 0 Å². The summed E-state index contributed by atoms with van der Waals surface area (Å²) in [5.74, 6) is -0.871. The normalized spacial score (nSPS) is 15.7. The maximum absolute atomic E-state index is 12.9. The van der Waals surface area contributed by atoms with Crippen LogP contribution in [0.4, 0.5) is 14.9 Å². The molecule has 4 amide bonds. The van der Waals surface area contributed by atoms with Gasteiger partial charge in [0.15, 0.2) is 0 Å². The van der Waals surface area contributed by atoms with Gasteiger partial charge in [-0.05, 0) is 37.6 Å². The van der Waals surface area contributed by atoms with Crippen molar-refractivity contribution in [2.24, 2.45) is 0 Å². The van der Waals surface area contributed by atoms with Crippen LogP contribution < -0.4 is 10.6 Å². The fourth-order valence-corrected chi connectivity index (χ4v) is 2.38. The van der Waals surface area contributed by atoms with E-state index in [0.29, 0.717) is 18.8 Å². The van der Waals surface area contributed by atoms with Crippen LogP contribution in [0.5, 0.6) is 0 Å². The van der Waals surface area contributed by atoms with E-state index in [1.807, 2.05) is 13.8 Å². The lowest BCUT2D eigenvalue weighted by atomic mass is 10.2. The Bertz CT molecular complexity index is 635. The van der Waals surface area contributed by atoms with Gasteiger partial charge in [0.25, 0.3) is 0 Å². The van der Waals surface area contributed by atoms with Gasteiger partial charge in [-0.15, -0.1) is 0 Å². The molecule has 2 rings (SSSR count). The summed E-state index contributed by atoms with van der Waals surface area (Å²) in [5.41, 5.74) is 0.453. The van der Waals surface area contributed by atoms with E-state index < -0.39 is 11.8 Å². The molecule has 25 heavy (non-hydrogen) atoms. The third-order valence-electron chi connectivity index (χ3n) is 4.06. The topological polar surface area (TPSA) is 81.8 Å². The average molecular weight is 350 g/mol. The van der Waals surface area contributed by atoms with Gasteiger partial charge in [-0.3, -0.25) is 9.59 Å². The highest BCUT2D eigenvalue weighted by atomic mass is 19.1. The summed E-state index contributed by atoms with van der Waals surface area (Å²) in [5, 5.41) is 5.43. The Kier molecular flexibility index (Phi) is 6.32. The SMILES string of the molecule is CCC(C)NC(=O)CN1CCN(C(=O)Nc2ccc(F)cc2)CC1=O. The lowest BCUT2D eigenvalue weighted by molar-refractivity contribution is -0.139. The van der Waals surface area contributed by atoms with Gasteiger partial charge >= 0.3 is 6.03 Å². The molecule has 1 aliphatic heterocycles. The monoisotopic (exact) mass is 350 g/mol. The largest absolute Gasteiger partial charge is 0.352 e. The molecule has 1 atom stereocenters. The first-order chi connectivity index (χ1) is 11.9. The Morgan fingerprint density at radius 1 is 1.24 bits per heavy atom. The maximum Gasteiger partial charge on any atom is 0.322 e. The summed E-state index contributed by atoms with van der Waals surface area (Å²) >= 11 is 0. The van der Waals surface area contributed by atoms with E-state index in [-0.39, 0.29) is 30.9 Å². The van der Waals surface area contributed by atoms with Gasteiger partial charge in [0.1, 0.15) is 12.4 Å². The fourth-order valence-electron chi connectivity index (χ4n) is 2.38. The number of carbonyl (C=O) groups excluding carboxylic acids is 3. The van der Waals surface area contributed by atoms with E-state index in [9.17, 15) is 18.8 Å². The summed E-state index contributed by atoms with van der Waals surface area (Å²) in [6.45, 7) is 4.39. The van der Waals surface area contributed by atoms with Crippen LogP contribution in [0.1, 0.15) is 20.3 Å². The van der Waals surface area contributed by atoms with Crippen molar-refractivity contribution in [2.45, 2.75) is 26.3 Å². The Balaban J connectivity index is 1.84. The Morgan fingerprint density at radius 3 is 2.52 bits per heavy atom. The first-order valence-corrected chi connectivity index (χ1v) is 8.27. The smallest absolute Gasteiger partial charge is 0.322 e. The number of halogens is 1. The van der Waals surface area contributed by atoms with Crippen molar-refractivity contribution in [3.63, 3.8) is 0 Å². The molecular formula is C17H23FN4O3. The molecule has 2 N–H and O–H groups in total. The second-order valence-corrected chi connectivity index (χ2v) is 6.05. The number of urea groups is 1. The van der Waals surface area contributed by atoms with Crippen molar-refractivity contribution >= 4 is 23.5 Å². The lowest BCUT2D eigenvalue weighted by Crippen LogP contribution is -2.55. The van der Waals surface area contributed by atoms with Crippen LogP contribution in [0, 0.1) is 5.82 Å². The summed E-state index contributed by atoms with van der Waals surface area (Å²) in [6, 6.07) is 5.02. The summed E-state index contributed by atoms with van der Waals surface area (Å²) in [7, 11) is 0. The zero-order valence-corrected chi connectivity index (χ0v) is 14.4. The number of nitrogens with one attached hydrogen (secondary N) is 2. The van der Waals surface area contributed by atoms with Crippen LogP contribution in [0.3, 0.4) is 0 Å². The fraction of sp³-hybridized carbons (Fsp3) is 0.471. The summed E-state index contributed by atoms with van der Waals surface area (Å²) < 4.78 is 12.9. The van der Waals surface area contributed by atoms with E-state index >= 15 is 0 Å². The molecule has 1 unspecified atom stereocenters. The number of hydrogen-bond acceptors (Lipinski definition) is 3. The quantitative estimate of drug-likeness (QED) is 0.843. The third-order valence-corrected chi connectivity index (χ3v) is 4.06. The zero-order chi connectivity index (χ0) is 18.4.